The molecule has 0 radical (unpaired) electrons. The summed E-state index contributed by atoms with van der Waals surface area (Å²) in [4.78, 5) is 40.9. The minimum atomic E-state index is -4.65. The minimum absolute atomic E-state index is 0.262. The number of sulfonamides is 1. The largest absolute Gasteiger partial charge is 0.479 e. The van der Waals surface area contributed by atoms with Crippen LogP contribution in [0.1, 0.15) is 27.7 Å². The third-order valence-corrected chi connectivity index (χ3v) is 6.42. The lowest BCUT2D eigenvalue weighted by atomic mass is 10.00. The maximum absolute atomic E-state index is 13.5. The zero-order chi connectivity index (χ0) is 25.8. The van der Waals surface area contributed by atoms with Crippen LogP contribution in [0.5, 0.6) is 0 Å². The van der Waals surface area contributed by atoms with Gasteiger partial charge in [-0.15, -0.1) is 6.58 Å². The van der Waals surface area contributed by atoms with Crippen LogP contribution in [-0.2, 0) is 24.4 Å². The summed E-state index contributed by atoms with van der Waals surface area (Å²) in [7, 11) is -4.65. The molecule has 1 amide bonds. The molecule has 1 aromatic rings. The van der Waals surface area contributed by atoms with Gasteiger partial charge in [-0.1, -0.05) is 34.3 Å². The number of rotatable bonds is 8. The summed E-state index contributed by atoms with van der Waals surface area (Å²) in [5.41, 5.74) is -1.35. The quantitative estimate of drug-likeness (QED) is 0.324. The highest BCUT2D eigenvalue weighted by molar-refractivity contribution is 7.89. The summed E-state index contributed by atoms with van der Waals surface area (Å²) in [6.07, 6.45) is 1.51. The molecule has 1 aliphatic rings. The van der Waals surface area contributed by atoms with Crippen LogP contribution in [0, 0.1) is 10.1 Å². The molecule has 1 N–H and O–H groups in total. The number of carbonyl (C=O) groups is 2. The number of nitro groups is 1. The van der Waals surface area contributed by atoms with Crippen molar-refractivity contribution in [2.75, 3.05) is 13.2 Å². The number of amides is 1. The highest BCUT2D eigenvalue weighted by Crippen LogP contribution is 2.32. The molecule has 0 unspecified atom stereocenters. The van der Waals surface area contributed by atoms with Gasteiger partial charge in [0, 0.05) is 12.6 Å². The van der Waals surface area contributed by atoms with Crippen molar-refractivity contribution in [3.63, 3.8) is 0 Å². The molecule has 0 spiro atoms. The van der Waals surface area contributed by atoms with E-state index in [0.717, 1.165) is 17.0 Å². The zero-order valence-electron chi connectivity index (χ0n) is 19.2. The molecule has 186 valence electrons. The number of para-hydroxylation sites is 1. The number of ether oxygens (including phenoxy) is 1. The number of carbonyl (C=O) groups excluding carboxylic acids is 1. The maximum atomic E-state index is 13.5. The fourth-order valence-electron chi connectivity index (χ4n) is 3.22. The number of nitrogens with zero attached hydrogens (tertiary/aromatic N) is 3. The van der Waals surface area contributed by atoms with Gasteiger partial charge in [0.2, 0.25) is 0 Å². The van der Waals surface area contributed by atoms with Gasteiger partial charge in [-0.2, -0.15) is 0 Å². The van der Waals surface area contributed by atoms with Gasteiger partial charge in [0.25, 0.3) is 15.7 Å². The van der Waals surface area contributed by atoms with Crippen molar-refractivity contribution in [2.24, 2.45) is 0 Å². The summed E-state index contributed by atoms with van der Waals surface area (Å²) >= 11 is 0. The van der Waals surface area contributed by atoms with E-state index in [9.17, 15) is 33.2 Å². The van der Waals surface area contributed by atoms with Gasteiger partial charge >= 0.3 is 12.1 Å². The Hall–Kier alpha value is -3.29. The van der Waals surface area contributed by atoms with Crippen LogP contribution in [0.25, 0.3) is 0 Å². The third kappa shape index (κ3) is 5.98. The molecule has 2 atom stereocenters. The lowest BCUT2D eigenvalue weighted by Gasteiger charge is -2.40. The second kappa shape index (κ2) is 10.3. The Labute approximate surface area is 197 Å². The Balaban J connectivity index is 2.60. The molecular formula is C21H27N3O9S. The van der Waals surface area contributed by atoms with Crippen molar-refractivity contribution in [1.29, 1.82) is 0 Å². The first-order valence-electron chi connectivity index (χ1n) is 10.1. The van der Waals surface area contributed by atoms with E-state index < -0.39 is 61.8 Å². The number of carboxylic acid groups (broad SMARTS) is 1. The van der Waals surface area contributed by atoms with Crippen LogP contribution in [0.15, 0.2) is 53.5 Å². The van der Waals surface area contributed by atoms with Crippen molar-refractivity contribution in [2.45, 2.75) is 50.3 Å². The standard InChI is InChI=1S/C21H27N3O9S/c1-6-11-32-24(34(30,31)18-10-8-7-9-15(18)23(28)29)17-13-22(20(27)33-21(3,4)5)16(19(25)26)12-14(17)2/h6-10,12,16-17H,1,11,13H2,2-5H3,(H,25,26)/t16-,17+/m0/s1. The van der Waals surface area contributed by atoms with E-state index in [1.807, 2.05) is 0 Å². The Morgan fingerprint density at radius 3 is 2.50 bits per heavy atom. The molecule has 0 fully saturated rings. The molecule has 12 nitrogen and oxygen atoms in total. The Morgan fingerprint density at radius 2 is 1.97 bits per heavy atom. The second-order valence-electron chi connectivity index (χ2n) is 8.41. The monoisotopic (exact) mass is 497 g/mol. The summed E-state index contributed by atoms with van der Waals surface area (Å²) in [6, 6.07) is 2.12. The van der Waals surface area contributed by atoms with Crippen molar-refractivity contribution >= 4 is 27.8 Å². The average Bonchev–Trinajstić information content (AvgIpc) is 2.73. The summed E-state index contributed by atoms with van der Waals surface area (Å²) in [6.45, 7) is 9.04. The van der Waals surface area contributed by atoms with E-state index in [4.69, 9.17) is 9.57 Å². The fourth-order valence-corrected chi connectivity index (χ4v) is 4.84. The van der Waals surface area contributed by atoms with Crippen molar-refractivity contribution in [3.05, 3.63) is 58.7 Å². The molecule has 2 rings (SSSR count). The molecule has 1 aliphatic heterocycles. The van der Waals surface area contributed by atoms with E-state index >= 15 is 0 Å². The van der Waals surface area contributed by atoms with Gasteiger partial charge in [0.1, 0.15) is 5.60 Å². The van der Waals surface area contributed by atoms with Crippen LogP contribution in [0.2, 0.25) is 0 Å². The number of hydrogen-bond donors (Lipinski definition) is 1. The molecule has 13 heteroatoms. The number of benzene rings is 1. The number of aliphatic carboxylic acids is 1. The maximum Gasteiger partial charge on any atom is 0.411 e. The Kier molecular flexibility index (Phi) is 8.18. The predicted molar refractivity (Wildman–Crippen MR) is 120 cm³/mol. The average molecular weight is 498 g/mol. The molecule has 1 heterocycles. The molecule has 0 bridgehead atoms. The molecule has 1 aromatic carbocycles. The van der Waals surface area contributed by atoms with E-state index in [0.29, 0.717) is 4.47 Å². The van der Waals surface area contributed by atoms with Crippen molar-refractivity contribution in [1.82, 2.24) is 9.37 Å². The first-order valence-corrected chi connectivity index (χ1v) is 11.6. The van der Waals surface area contributed by atoms with Gasteiger partial charge in [-0.25, -0.2) is 18.0 Å². The lowest BCUT2D eigenvalue weighted by molar-refractivity contribution is -0.388. The number of nitro benzene ring substituents is 1. The van der Waals surface area contributed by atoms with E-state index in [1.54, 1.807) is 20.8 Å². The first-order chi connectivity index (χ1) is 15.7. The summed E-state index contributed by atoms with van der Waals surface area (Å²) < 4.78 is 32.9. The van der Waals surface area contributed by atoms with Crippen LogP contribution < -0.4 is 0 Å². The molecular weight excluding hydrogens is 470 g/mol. The SMILES string of the molecule is C=CCON([C@@H]1CN(C(=O)OC(C)(C)C)[C@H](C(=O)O)C=C1C)S(=O)(=O)c1ccccc1[N+](=O)[O-]. The fraction of sp³-hybridized carbons (Fsp3) is 0.429. The normalized spacial score (nSPS) is 18.9. The smallest absolute Gasteiger partial charge is 0.411 e. The first kappa shape index (κ1) is 27.0. The summed E-state index contributed by atoms with van der Waals surface area (Å²) in [5, 5.41) is 21.1. The van der Waals surface area contributed by atoms with Crippen molar-refractivity contribution in [3.8, 4) is 0 Å². The van der Waals surface area contributed by atoms with Crippen LogP contribution in [0.4, 0.5) is 10.5 Å². The third-order valence-electron chi connectivity index (χ3n) is 4.68. The predicted octanol–water partition coefficient (Wildman–Crippen LogP) is 2.72. The van der Waals surface area contributed by atoms with Gasteiger partial charge in [-0.05, 0) is 33.8 Å². The van der Waals surface area contributed by atoms with E-state index in [-0.39, 0.29) is 12.2 Å². The van der Waals surface area contributed by atoms with Crippen LogP contribution in [0.3, 0.4) is 0 Å². The molecule has 0 saturated carbocycles. The molecule has 34 heavy (non-hydrogen) atoms. The van der Waals surface area contributed by atoms with Gasteiger partial charge in [0.15, 0.2) is 10.9 Å². The molecule has 0 aliphatic carbocycles. The molecule has 0 saturated heterocycles. The number of hydroxylamine groups is 1. The van der Waals surface area contributed by atoms with Gasteiger partial charge in [-0.3, -0.25) is 19.9 Å². The second-order valence-corrected chi connectivity index (χ2v) is 10.2. The summed E-state index contributed by atoms with van der Waals surface area (Å²) in [5.74, 6) is -1.34. The highest BCUT2D eigenvalue weighted by Gasteiger charge is 2.44. The molecule has 0 aromatic heterocycles. The Bertz CT molecular complexity index is 1110. The number of hydrogen-bond acceptors (Lipinski definition) is 8. The Morgan fingerprint density at radius 1 is 1.35 bits per heavy atom. The topological polar surface area (TPSA) is 157 Å². The van der Waals surface area contributed by atoms with Gasteiger partial charge < -0.3 is 9.84 Å². The van der Waals surface area contributed by atoms with Crippen molar-refractivity contribution < 1.29 is 37.6 Å². The van der Waals surface area contributed by atoms with E-state index in [2.05, 4.69) is 6.58 Å². The van der Waals surface area contributed by atoms with Crippen LogP contribution >= 0.6 is 0 Å². The zero-order valence-corrected chi connectivity index (χ0v) is 20.0. The number of carboxylic acids is 1. The highest BCUT2D eigenvalue weighted by atomic mass is 32.2. The lowest BCUT2D eigenvalue weighted by Crippen LogP contribution is -2.57. The van der Waals surface area contributed by atoms with Crippen LogP contribution in [-0.4, -0.2) is 70.7 Å². The van der Waals surface area contributed by atoms with E-state index in [1.165, 1.54) is 31.2 Å². The minimum Gasteiger partial charge on any atom is -0.479 e. The van der Waals surface area contributed by atoms with Gasteiger partial charge in [0.05, 0.1) is 17.6 Å².